The molecule has 0 bridgehead atoms. The molecular formula is C12H21N3. The standard InChI is InChI=1S/C12H21N3/c1-12(2)4-7-15(8-5-12)10-11-13-6-9-14(11)3/h6,9H,4-5,7-8,10H2,1-3H3. The first kappa shape index (κ1) is 10.7. The van der Waals surface area contributed by atoms with E-state index < -0.39 is 0 Å². The minimum Gasteiger partial charge on any atom is -0.337 e. The van der Waals surface area contributed by atoms with Gasteiger partial charge in [0.2, 0.25) is 0 Å². The molecule has 1 saturated heterocycles. The molecule has 1 aromatic rings. The smallest absolute Gasteiger partial charge is 0.122 e. The second-order valence-corrected chi connectivity index (χ2v) is 5.39. The first-order valence-corrected chi connectivity index (χ1v) is 5.75. The quantitative estimate of drug-likeness (QED) is 0.740. The molecule has 2 heterocycles. The SMILES string of the molecule is Cn1ccnc1CN1CCC(C)(C)CC1. The van der Waals surface area contributed by atoms with Gasteiger partial charge in [-0.2, -0.15) is 0 Å². The van der Waals surface area contributed by atoms with Gasteiger partial charge in [-0.25, -0.2) is 4.98 Å². The van der Waals surface area contributed by atoms with Gasteiger partial charge < -0.3 is 4.57 Å². The second kappa shape index (κ2) is 3.97. The predicted molar refractivity (Wildman–Crippen MR) is 61.5 cm³/mol. The average Bonchev–Trinajstić information content (AvgIpc) is 2.56. The Morgan fingerprint density at radius 3 is 2.53 bits per heavy atom. The Bertz CT molecular complexity index is 317. The highest BCUT2D eigenvalue weighted by Gasteiger charge is 2.25. The number of hydrogen-bond acceptors (Lipinski definition) is 2. The van der Waals surface area contributed by atoms with Crippen molar-refractivity contribution in [2.24, 2.45) is 12.5 Å². The van der Waals surface area contributed by atoms with Crippen molar-refractivity contribution in [1.82, 2.24) is 14.5 Å². The van der Waals surface area contributed by atoms with Crippen LogP contribution in [0, 0.1) is 5.41 Å². The zero-order valence-corrected chi connectivity index (χ0v) is 10.0. The van der Waals surface area contributed by atoms with Gasteiger partial charge >= 0.3 is 0 Å². The normalized spacial score (nSPS) is 21.8. The summed E-state index contributed by atoms with van der Waals surface area (Å²) in [6.07, 6.45) is 6.50. The third kappa shape index (κ3) is 2.59. The van der Waals surface area contributed by atoms with E-state index in [-0.39, 0.29) is 0 Å². The van der Waals surface area contributed by atoms with Gasteiger partial charge in [-0.15, -0.1) is 0 Å². The van der Waals surface area contributed by atoms with Crippen LogP contribution in [0.1, 0.15) is 32.5 Å². The molecule has 0 aliphatic carbocycles. The summed E-state index contributed by atoms with van der Waals surface area (Å²) in [7, 11) is 2.07. The summed E-state index contributed by atoms with van der Waals surface area (Å²) in [6.45, 7) is 8.15. The fourth-order valence-corrected chi connectivity index (χ4v) is 2.07. The lowest BCUT2D eigenvalue weighted by molar-refractivity contribution is 0.124. The van der Waals surface area contributed by atoms with E-state index in [1.165, 1.54) is 31.8 Å². The summed E-state index contributed by atoms with van der Waals surface area (Å²) < 4.78 is 2.11. The fourth-order valence-electron chi connectivity index (χ4n) is 2.07. The summed E-state index contributed by atoms with van der Waals surface area (Å²) in [5.41, 5.74) is 0.540. The Balaban J connectivity index is 1.90. The van der Waals surface area contributed by atoms with Crippen LogP contribution in [0.2, 0.25) is 0 Å². The molecule has 0 aromatic carbocycles. The maximum atomic E-state index is 4.37. The van der Waals surface area contributed by atoms with E-state index in [0.29, 0.717) is 5.41 Å². The summed E-state index contributed by atoms with van der Waals surface area (Å²) in [5, 5.41) is 0. The molecule has 84 valence electrons. The lowest BCUT2D eigenvalue weighted by atomic mass is 9.83. The van der Waals surface area contributed by atoms with E-state index in [4.69, 9.17) is 0 Å². The molecular weight excluding hydrogens is 186 g/mol. The topological polar surface area (TPSA) is 21.1 Å². The molecule has 0 radical (unpaired) electrons. The highest BCUT2D eigenvalue weighted by molar-refractivity contribution is 4.92. The van der Waals surface area contributed by atoms with E-state index in [2.05, 4.69) is 35.3 Å². The van der Waals surface area contributed by atoms with Crippen LogP contribution in [0.4, 0.5) is 0 Å². The number of aromatic nitrogens is 2. The van der Waals surface area contributed by atoms with Gasteiger partial charge in [-0.3, -0.25) is 4.90 Å². The summed E-state index contributed by atoms with van der Waals surface area (Å²) in [4.78, 5) is 6.88. The predicted octanol–water partition coefficient (Wildman–Crippen LogP) is 2.04. The Hall–Kier alpha value is -0.830. The Morgan fingerprint density at radius 2 is 2.00 bits per heavy atom. The molecule has 0 saturated carbocycles. The highest BCUT2D eigenvalue weighted by Crippen LogP contribution is 2.30. The van der Waals surface area contributed by atoms with Crippen molar-refractivity contribution in [2.45, 2.75) is 33.2 Å². The van der Waals surface area contributed by atoms with Gasteiger partial charge in [0.1, 0.15) is 5.82 Å². The van der Waals surface area contributed by atoms with Crippen molar-refractivity contribution >= 4 is 0 Å². The van der Waals surface area contributed by atoms with Crippen LogP contribution in [0.15, 0.2) is 12.4 Å². The van der Waals surface area contributed by atoms with E-state index >= 15 is 0 Å². The van der Waals surface area contributed by atoms with E-state index in [9.17, 15) is 0 Å². The van der Waals surface area contributed by atoms with Crippen LogP contribution < -0.4 is 0 Å². The van der Waals surface area contributed by atoms with E-state index in [0.717, 1.165) is 6.54 Å². The highest BCUT2D eigenvalue weighted by atomic mass is 15.2. The van der Waals surface area contributed by atoms with Crippen molar-refractivity contribution in [3.05, 3.63) is 18.2 Å². The number of aryl methyl sites for hydroxylation is 1. The molecule has 3 nitrogen and oxygen atoms in total. The fraction of sp³-hybridized carbons (Fsp3) is 0.750. The summed E-state index contributed by atoms with van der Waals surface area (Å²) in [6, 6.07) is 0. The van der Waals surface area contributed by atoms with Gasteiger partial charge in [0, 0.05) is 19.4 Å². The largest absolute Gasteiger partial charge is 0.337 e. The van der Waals surface area contributed by atoms with Crippen LogP contribution >= 0.6 is 0 Å². The first-order chi connectivity index (χ1) is 7.07. The third-order valence-corrected chi connectivity index (χ3v) is 3.50. The van der Waals surface area contributed by atoms with Crippen molar-refractivity contribution in [2.75, 3.05) is 13.1 Å². The number of likely N-dealkylation sites (tertiary alicyclic amines) is 1. The van der Waals surface area contributed by atoms with Crippen molar-refractivity contribution in [3.8, 4) is 0 Å². The minimum absolute atomic E-state index is 0.540. The third-order valence-electron chi connectivity index (χ3n) is 3.50. The van der Waals surface area contributed by atoms with Gasteiger partial charge in [-0.05, 0) is 31.3 Å². The number of piperidine rings is 1. The van der Waals surface area contributed by atoms with E-state index in [1.807, 2.05) is 12.4 Å². The first-order valence-electron chi connectivity index (χ1n) is 5.75. The maximum absolute atomic E-state index is 4.37. The zero-order chi connectivity index (χ0) is 10.9. The lowest BCUT2D eigenvalue weighted by Gasteiger charge is -2.36. The summed E-state index contributed by atoms with van der Waals surface area (Å²) >= 11 is 0. The number of rotatable bonds is 2. The molecule has 3 heteroatoms. The van der Waals surface area contributed by atoms with Gasteiger partial charge in [0.05, 0.1) is 6.54 Å². The average molecular weight is 207 g/mol. The van der Waals surface area contributed by atoms with Crippen LogP contribution in [-0.2, 0) is 13.6 Å². The minimum atomic E-state index is 0.540. The van der Waals surface area contributed by atoms with Gasteiger partial charge in [0.15, 0.2) is 0 Å². The molecule has 2 rings (SSSR count). The van der Waals surface area contributed by atoms with Crippen LogP contribution in [-0.4, -0.2) is 27.5 Å². The molecule has 1 aliphatic heterocycles. The molecule has 0 unspecified atom stereocenters. The Kier molecular flexibility index (Phi) is 2.83. The van der Waals surface area contributed by atoms with Crippen molar-refractivity contribution < 1.29 is 0 Å². The van der Waals surface area contributed by atoms with Crippen molar-refractivity contribution in [1.29, 1.82) is 0 Å². The number of nitrogens with zero attached hydrogens (tertiary/aromatic N) is 3. The Morgan fingerprint density at radius 1 is 1.33 bits per heavy atom. The van der Waals surface area contributed by atoms with Crippen LogP contribution in [0.5, 0.6) is 0 Å². The molecule has 1 aliphatic rings. The molecule has 1 aromatic heterocycles. The van der Waals surface area contributed by atoms with E-state index in [1.54, 1.807) is 0 Å². The molecule has 15 heavy (non-hydrogen) atoms. The molecule has 0 atom stereocenters. The van der Waals surface area contributed by atoms with Crippen molar-refractivity contribution in [3.63, 3.8) is 0 Å². The van der Waals surface area contributed by atoms with Gasteiger partial charge in [0.25, 0.3) is 0 Å². The van der Waals surface area contributed by atoms with Crippen LogP contribution in [0.3, 0.4) is 0 Å². The van der Waals surface area contributed by atoms with Crippen LogP contribution in [0.25, 0.3) is 0 Å². The second-order valence-electron chi connectivity index (χ2n) is 5.39. The molecule has 1 fully saturated rings. The Labute approximate surface area is 92.1 Å². The van der Waals surface area contributed by atoms with Gasteiger partial charge in [-0.1, -0.05) is 13.8 Å². The maximum Gasteiger partial charge on any atom is 0.122 e. The lowest BCUT2D eigenvalue weighted by Crippen LogP contribution is -2.37. The summed E-state index contributed by atoms with van der Waals surface area (Å²) in [5.74, 6) is 1.18. The number of hydrogen-bond donors (Lipinski definition) is 0. The number of imidazole rings is 1. The zero-order valence-electron chi connectivity index (χ0n) is 10.0. The molecule has 0 amide bonds. The molecule has 0 N–H and O–H groups in total. The monoisotopic (exact) mass is 207 g/mol. The molecule has 0 spiro atoms.